The van der Waals surface area contributed by atoms with Crippen molar-refractivity contribution in [3.8, 4) is 11.6 Å². The van der Waals surface area contributed by atoms with Crippen LogP contribution in [0.3, 0.4) is 0 Å². The summed E-state index contributed by atoms with van der Waals surface area (Å²) >= 11 is 0. The molecule has 2 aromatic rings. The Kier molecular flexibility index (Phi) is 5.82. The maximum absolute atomic E-state index is 13.0. The summed E-state index contributed by atoms with van der Waals surface area (Å²) in [6.45, 7) is 5.58. The van der Waals surface area contributed by atoms with Crippen LogP contribution in [0.25, 0.3) is 0 Å². The molecule has 1 aromatic heterocycles. The van der Waals surface area contributed by atoms with Crippen LogP contribution < -0.4 is 10.1 Å². The lowest BCUT2D eigenvalue weighted by atomic mass is 10.00. The van der Waals surface area contributed by atoms with Crippen molar-refractivity contribution in [3.05, 3.63) is 42.2 Å². The lowest BCUT2D eigenvalue weighted by molar-refractivity contribution is 0.0545. The van der Waals surface area contributed by atoms with Gasteiger partial charge in [-0.15, -0.1) is 10.2 Å². The Labute approximate surface area is 176 Å². The van der Waals surface area contributed by atoms with E-state index in [9.17, 15) is 4.39 Å². The van der Waals surface area contributed by atoms with Crippen molar-refractivity contribution in [2.45, 2.75) is 31.7 Å². The van der Waals surface area contributed by atoms with Crippen molar-refractivity contribution in [1.29, 1.82) is 0 Å². The van der Waals surface area contributed by atoms with Crippen LogP contribution in [0.4, 0.5) is 10.2 Å². The summed E-state index contributed by atoms with van der Waals surface area (Å²) < 4.78 is 24.1. The number of benzene rings is 1. The van der Waals surface area contributed by atoms with E-state index in [1.807, 2.05) is 6.07 Å². The Morgan fingerprint density at radius 2 is 1.73 bits per heavy atom. The van der Waals surface area contributed by atoms with E-state index in [2.05, 4.69) is 20.4 Å². The summed E-state index contributed by atoms with van der Waals surface area (Å²) in [5, 5.41) is 12.0. The van der Waals surface area contributed by atoms with Crippen molar-refractivity contribution in [2.75, 3.05) is 38.2 Å². The third-order valence-electron chi connectivity index (χ3n) is 6.71. The Morgan fingerprint density at radius 1 is 1.00 bits per heavy atom. The highest BCUT2D eigenvalue weighted by Crippen LogP contribution is 2.39. The first kappa shape index (κ1) is 19.7. The maximum atomic E-state index is 13.0. The largest absolute Gasteiger partial charge is 0.438 e. The van der Waals surface area contributed by atoms with Crippen LogP contribution >= 0.6 is 0 Å². The first-order chi connectivity index (χ1) is 14.7. The van der Waals surface area contributed by atoms with Crippen LogP contribution in [0.1, 0.15) is 25.7 Å². The molecule has 2 unspecified atom stereocenters. The first-order valence-corrected chi connectivity index (χ1v) is 11.0. The van der Waals surface area contributed by atoms with Crippen LogP contribution in [0.2, 0.25) is 0 Å². The number of fused-ring (bicyclic) bond motifs is 1. The minimum Gasteiger partial charge on any atom is -0.438 e. The van der Waals surface area contributed by atoms with Crippen molar-refractivity contribution in [3.63, 3.8) is 0 Å². The van der Waals surface area contributed by atoms with Gasteiger partial charge in [-0.2, -0.15) is 0 Å². The third kappa shape index (κ3) is 4.73. The van der Waals surface area contributed by atoms with E-state index < -0.39 is 0 Å². The van der Waals surface area contributed by atoms with Crippen LogP contribution in [0.5, 0.6) is 11.6 Å². The fourth-order valence-electron chi connectivity index (χ4n) is 5.24. The number of hydrogen-bond acceptors (Lipinski definition) is 6. The van der Waals surface area contributed by atoms with Crippen LogP contribution in [0.15, 0.2) is 36.4 Å². The zero-order valence-corrected chi connectivity index (χ0v) is 17.2. The molecule has 1 aliphatic carbocycles. The number of aromatic nitrogens is 2. The molecule has 1 saturated carbocycles. The van der Waals surface area contributed by atoms with Gasteiger partial charge in [0.15, 0.2) is 0 Å². The summed E-state index contributed by atoms with van der Waals surface area (Å²) in [7, 11) is 0. The molecule has 0 spiro atoms. The molecule has 0 radical (unpaired) electrons. The van der Waals surface area contributed by atoms with Crippen molar-refractivity contribution < 1.29 is 13.9 Å². The molecular formula is C23H29FN4O2. The summed E-state index contributed by atoms with van der Waals surface area (Å²) in [6, 6.07) is 10.0. The van der Waals surface area contributed by atoms with Crippen molar-refractivity contribution >= 4 is 5.82 Å². The lowest BCUT2D eigenvalue weighted by Gasteiger charge is -2.27. The highest BCUT2D eigenvalue weighted by Gasteiger charge is 2.41. The van der Waals surface area contributed by atoms with Gasteiger partial charge in [-0.1, -0.05) is 0 Å². The zero-order valence-electron chi connectivity index (χ0n) is 17.2. The molecular weight excluding hydrogens is 383 g/mol. The number of anilines is 1. The lowest BCUT2D eigenvalue weighted by Crippen LogP contribution is -2.32. The molecule has 1 aromatic carbocycles. The van der Waals surface area contributed by atoms with E-state index in [1.165, 1.54) is 57.5 Å². The number of hydrogen-bond donors (Lipinski definition) is 1. The SMILES string of the molecule is Fc1ccc(Oc2ccc(NC3CC4CN(CC5CCOCC5)CC4C3)nn2)cc1. The number of halogens is 1. The van der Waals surface area contributed by atoms with E-state index >= 15 is 0 Å². The fraction of sp³-hybridized carbons (Fsp3) is 0.565. The molecule has 2 aliphatic heterocycles. The van der Waals surface area contributed by atoms with Gasteiger partial charge < -0.3 is 19.7 Å². The van der Waals surface area contributed by atoms with Gasteiger partial charge in [0.2, 0.25) is 5.88 Å². The van der Waals surface area contributed by atoms with E-state index in [4.69, 9.17) is 9.47 Å². The summed E-state index contributed by atoms with van der Waals surface area (Å²) in [5.41, 5.74) is 0. The second-order valence-corrected chi connectivity index (χ2v) is 8.92. The van der Waals surface area contributed by atoms with Gasteiger partial charge in [0.05, 0.1) is 0 Å². The minimum absolute atomic E-state index is 0.291. The highest BCUT2D eigenvalue weighted by molar-refractivity contribution is 5.37. The highest BCUT2D eigenvalue weighted by atomic mass is 19.1. The van der Waals surface area contributed by atoms with E-state index in [-0.39, 0.29) is 5.82 Å². The van der Waals surface area contributed by atoms with Crippen molar-refractivity contribution in [1.82, 2.24) is 15.1 Å². The standard InChI is InChI=1S/C23H29FN4O2/c24-19-1-3-21(4-2-19)30-23-6-5-22(26-27-23)25-20-11-17-14-28(15-18(17)12-20)13-16-7-9-29-10-8-16/h1-6,16-18,20H,7-15H2,(H,25,26). The second kappa shape index (κ2) is 8.86. The number of nitrogens with one attached hydrogen (secondary N) is 1. The van der Waals surface area contributed by atoms with Gasteiger partial charge in [0.1, 0.15) is 17.4 Å². The second-order valence-electron chi connectivity index (χ2n) is 8.92. The molecule has 30 heavy (non-hydrogen) atoms. The van der Waals surface area contributed by atoms with Gasteiger partial charge in [0, 0.05) is 45.0 Å². The predicted octanol–water partition coefficient (Wildman–Crippen LogP) is 3.96. The Morgan fingerprint density at radius 3 is 2.40 bits per heavy atom. The Bertz CT molecular complexity index is 812. The van der Waals surface area contributed by atoms with E-state index in [0.717, 1.165) is 36.8 Å². The molecule has 3 heterocycles. The Hall–Kier alpha value is -2.25. The van der Waals surface area contributed by atoms with Crippen LogP contribution in [0, 0.1) is 23.6 Å². The molecule has 2 saturated heterocycles. The molecule has 160 valence electrons. The molecule has 3 aliphatic rings. The monoisotopic (exact) mass is 412 g/mol. The van der Waals surface area contributed by atoms with Gasteiger partial charge in [-0.05, 0) is 73.8 Å². The van der Waals surface area contributed by atoms with Gasteiger partial charge in [0.25, 0.3) is 0 Å². The van der Waals surface area contributed by atoms with Crippen molar-refractivity contribution in [2.24, 2.45) is 17.8 Å². The minimum atomic E-state index is -0.291. The normalized spacial score (nSPS) is 27.2. The maximum Gasteiger partial charge on any atom is 0.238 e. The number of ether oxygens (including phenoxy) is 2. The van der Waals surface area contributed by atoms with Gasteiger partial charge in [-0.25, -0.2) is 4.39 Å². The summed E-state index contributed by atoms with van der Waals surface area (Å²) in [6.07, 6.45) is 4.83. The molecule has 3 fully saturated rings. The summed E-state index contributed by atoms with van der Waals surface area (Å²) in [4.78, 5) is 2.68. The Balaban J connectivity index is 1.09. The third-order valence-corrected chi connectivity index (χ3v) is 6.71. The molecule has 0 amide bonds. The van der Waals surface area contributed by atoms with Crippen LogP contribution in [-0.2, 0) is 4.74 Å². The van der Waals surface area contributed by atoms with Gasteiger partial charge >= 0.3 is 0 Å². The van der Waals surface area contributed by atoms with Gasteiger partial charge in [-0.3, -0.25) is 0 Å². The average Bonchev–Trinajstić information content (AvgIpc) is 3.30. The topological polar surface area (TPSA) is 59.5 Å². The van der Waals surface area contributed by atoms with Crippen LogP contribution in [-0.4, -0.2) is 54.0 Å². The fourth-order valence-corrected chi connectivity index (χ4v) is 5.24. The van der Waals surface area contributed by atoms with E-state index in [0.29, 0.717) is 17.7 Å². The van der Waals surface area contributed by atoms with E-state index in [1.54, 1.807) is 18.2 Å². The smallest absolute Gasteiger partial charge is 0.238 e. The number of likely N-dealkylation sites (tertiary alicyclic amines) is 1. The summed E-state index contributed by atoms with van der Waals surface area (Å²) in [5.74, 6) is 3.83. The molecule has 5 rings (SSSR count). The zero-order chi connectivity index (χ0) is 20.3. The predicted molar refractivity (Wildman–Crippen MR) is 112 cm³/mol. The molecule has 2 atom stereocenters. The molecule has 7 heteroatoms. The number of nitrogens with zero attached hydrogens (tertiary/aromatic N) is 3. The molecule has 6 nitrogen and oxygen atoms in total. The average molecular weight is 413 g/mol. The molecule has 0 bridgehead atoms. The first-order valence-electron chi connectivity index (χ1n) is 11.0. The number of rotatable bonds is 6. The molecule has 1 N–H and O–H groups in total. The quantitative estimate of drug-likeness (QED) is 0.775.